The Hall–Kier alpha value is -1.89. The van der Waals surface area contributed by atoms with Gasteiger partial charge in [-0.2, -0.15) is 4.31 Å². The minimum atomic E-state index is -3.49. The highest BCUT2D eigenvalue weighted by molar-refractivity contribution is 7.89. The van der Waals surface area contributed by atoms with E-state index in [1.54, 1.807) is 23.5 Å². The summed E-state index contributed by atoms with van der Waals surface area (Å²) in [4.78, 5) is 2.69. The Bertz CT molecular complexity index is 900. The number of sulfonamides is 1. The normalized spacial score (nSPS) is 16.4. The van der Waals surface area contributed by atoms with Crippen LogP contribution in [0, 0.1) is 20.8 Å². The van der Waals surface area contributed by atoms with Gasteiger partial charge in [0.15, 0.2) is 0 Å². The van der Waals surface area contributed by atoms with Crippen molar-refractivity contribution in [2.75, 3.05) is 33.3 Å². The van der Waals surface area contributed by atoms with Gasteiger partial charge in [-0.1, -0.05) is 29.8 Å². The molecule has 0 radical (unpaired) electrons. The highest BCUT2D eigenvalue weighted by Crippen LogP contribution is 2.28. The van der Waals surface area contributed by atoms with E-state index in [9.17, 15) is 8.42 Å². The molecule has 0 atom stereocenters. The third kappa shape index (κ3) is 4.34. The number of hydrogen-bond donors (Lipinski definition) is 0. The summed E-state index contributed by atoms with van der Waals surface area (Å²) in [7, 11) is -1.89. The monoisotopic (exact) mass is 388 g/mol. The molecule has 5 nitrogen and oxygen atoms in total. The summed E-state index contributed by atoms with van der Waals surface area (Å²) < 4.78 is 33.2. The van der Waals surface area contributed by atoms with Crippen molar-refractivity contribution in [3.8, 4) is 5.75 Å². The summed E-state index contributed by atoms with van der Waals surface area (Å²) in [6.07, 6.45) is 0. The van der Waals surface area contributed by atoms with Crippen molar-refractivity contribution in [2.45, 2.75) is 32.2 Å². The molecule has 0 N–H and O–H groups in total. The molecule has 146 valence electrons. The smallest absolute Gasteiger partial charge is 0.243 e. The maximum absolute atomic E-state index is 13.1. The van der Waals surface area contributed by atoms with Crippen molar-refractivity contribution in [2.24, 2.45) is 0 Å². The molecule has 1 aliphatic heterocycles. The molecule has 1 aliphatic rings. The molecule has 3 rings (SSSR count). The first kappa shape index (κ1) is 19.9. The van der Waals surface area contributed by atoms with Crippen molar-refractivity contribution in [1.82, 2.24) is 9.21 Å². The maximum atomic E-state index is 13.1. The van der Waals surface area contributed by atoms with Gasteiger partial charge in [-0.3, -0.25) is 4.90 Å². The third-order valence-electron chi connectivity index (χ3n) is 5.17. The molecule has 0 bridgehead atoms. The van der Waals surface area contributed by atoms with Crippen molar-refractivity contribution >= 4 is 10.0 Å². The van der Waals surface area contributed by atoms with Gasteiger partial charge in [0.1, 0.15) is 5.75 Å². The number of benzene rings is 2. The Morgan fingerprint density at radius 3 is 2.15 bits per heavy atom. The average Bonchev–Trinajstić information content (AvgIpc) is 2.65. The third-order valence-corrected chi connectivity index (χ3v) is 7.21. The molecule has 0 aliphatic carbocycles. The van der Waals surface area contributed by atoms with Gasteiger partial charge in [0, 0.05) is 32.7 Å². The topological polar surface area (TPSA) is 49.9 Å². The van der Waals surface area contributed by atoms with E-state index >= 15 is 0 Å². The van der Waals surface area contributed by atoms with Gasteiger partial charge in [0.25, 0.3) is 0 Å². The van der Waals surface area contributed by atoms with Gasteiger partial charge in [-0.05, 0) is 49.6 Å². The summed E-state index contributed by atoms with van der Waals surface area (Å²) in [6.45, 7) is 9.13. The fraction of sp³-hybridized carbons (Fsp3) is 0.429. The molecule has 6 heteroatoms. The zero-order valence-corrected chi connectivity index (χ0v) is 17.3. The molecular weight excluding hydrogens is 360 g/mol. The number of hydrogen-bond acceptors (Lipinski definition) is 4. The molecule has 0 spiro atoms. The van der Waals surface area contributed by atoms with Gasteiger partial charge in [-0.25, -0.2) is 8.42 Å². The van der Waals surface area contributed by atoms with E-state index in [0.717, 1.165) is 36.5 Å². The van der Waals surface area contributed by atoms with Crippen molar-refractivity contribution in [3.63, 3.8) is 0 Å². The summed E-state index contributed by atoms with van der Waals surface area (Å²) in [6, 6.07) is 12.0. The van der Waals surface area contributed by atoms with E-state index in [1.165, 1.54) is 11.1 Å². The van der Waals surface area contributed by atoms with E-state index in [1.807, 2.05) is 13.8 Å². The van der Waals surface area contributed by atoms with Crippen LogP contribution in [0.3, 0.4) is 0 Å². The second-order valence-electron chi connectivity index (χ2n) is 7.25. The quantitative estimate of drug-likeness (QED) is 0.790. The minimum absolute atomic E-state index is 0.382. The Morgan fingerprint density at radius 1 is 0.926 bits per heavy atom. The Balaban J connectivity index is 1.69. The fourth-order valence-electron chi connectivity index (χ4n) is 3.48. The number of piperazine rings is 1. The van der Waals surface area contributed by atoms with Crippen LogP contribution in [-0.4, -0.2) is 50.9 Å². The molecule has 2 aromatic carbocycles. The number of rotatable bonds is 5. The van der Waals surface area contributed by atoms with Crippen LogP contribution in [-0.2, 0) is 16.6 Å². The lowest BCUT2D eigenvalue weighted by Gasteiger charge is -2.34. The molecule has 27 heavy (non-hydrogen) atoms. The molecule has 2 aromatic rings. The second-order valence-corrected chi connectivity index (χ2v) is 9.16. The van der Waals surface area contributed by atoms with Crippen LogP contribution in [0.25, 0.3) is 0 Å². The van der Waals surface area contributed by atoms with Crippen LogP contribution in [0.5, 0.6) is 5.75 Å². The first-order valence-corrected chi connectivity index (χ1v) is 10.7. The molecule has 1 saturated heterocycles. The summed E-state index contributed by atoms with van der Waals surface area (Å²) in [5.74, 6) is 0.717. The largest absolute Gasteiger partial charge is 0.496 e. The Labute approximate surface area is 162 Å². The van der Waals surface area contributed by atoms with Crippen LogP contribution in [0.2, 0.25) is 0 Å². The number of aryl methyl sites for hydroxylation is 3. The molecule has 0 unspecified atom stereocenters. The fourth-order valence-corrected chi connectivity index (χ4v) is 5.19. The van der Waals surface area contributed by atoms with Gasteiger partial charge in [0.05, 0.1) is 12.0 Å². The van der Waals surface area contributed by atoms with E-state index < -0.39 is 10.0 Å². The van der Waals surface area contributed by atoms with Crippen LogP contribution in [0.1, 0.15) is 22.3 Å². The summed E-state index contributed by atoms with van der Waals surface area (Å²) >= 11 is 0. The van der Waals surface area contributed by atoms with E-state index in [2.05, 4.69) is 36.1 Å². The Morgan fingerprint density at radius 2 is 1.56 bits per heavy atom. The van der Waals surface area contributed by atoms with Crippen LogP contribution in [0.15, 0.2) is 41.3 Å². The van der Waals surface area contributed by atoms with Gasteiger partial charge in [0.2, 0.25) is 10.0 Å². The first-order valence-electron chi connectivity index (χ1n) is 9.24. The zero-order chi connectivity index (χ0) is 19.6. The lowest BCUT2D eigenvalue weighted by atomic mass is 10.1. The van der Waals surface area contributed by atoms with Crippen LogP contribution >= 0.6 is 0 Å². The molecule has 0 amide bonds. The maximum Gasteiger partial charge on any atom is 0.243 e. The average molecular weight is 389 g/mol. The predicted molar refractivity (Wildman–Crippen MR) is 108 cm³/mol. The van der Waals surface area contributed by atoms with Gasteiger partial charge < -0.3 is 4.74 Å². The van der Waals surface area contributed by atoms with Gasteiger partial charge >= 0.3 is 0 Å². The first-order chi connectivity index (χ1) is 12.8. The van der Waals surface area contributed by atoms with Crippen molar-refractivity contribution < 1.29 is 13.2 Å². The van der Waals surface area contributed by atoms with Crippen molar-refractivity contribution in [3.05, 3.63) is 58.7 Å². The second kappa shape index (κ2) is 8.00. The molecular formula is C21H28N2O3S. The number of methoxy groups -OCH3 is 1. The Kier molecular flexibility index (Phi) is 5.89. The molecule has 0 aromatic heterocycles. The molecule has 0 saturated carbocycles. The zero-order valence-electron chi connectivity index (χ0n) is 16.5. The number of nitrogens with zero attached hydrogens (tertiary/aromatic N) is 2. The standard InChI is InChI=1S/C21H28N2O3S/c1-16-5-7-19(8-6-16)15-22-9-11-23(12-10-22)27(24,25)21-14-17(2)20(26-4)13-18(21)3/h5-8,13-14H,9-12,15H2,1-4H3. The summed E-state index contributed by atoms with van der Waals surface area (Å²) in [5.41, 5.74) is 4.07. The number of ether oxygens (including phenoxy) is 1. The SMILES string of the molecule is COc1cc(C)c(S(=O)(=O)N2CCN(Cc3ccc(C)cc3)CC2)cc1C. The molecule has 1 fully saturated rings. The van der Waals surface area contributed by atoms with E-state index in [-0.39, 0.29) is 0 Å². The van der Waals surface area contributed by atoms with E-state index in [0.29, 0.717) is 18.0 Å². The minimum Gasteiger partial charge on any atom is -0.496 e. The summed E-state index contributed by atoms with van der Waals surface area (Å²) in [5, 5.41) is 0. The molecule has 1 heterocycles. The van der Waals surface area contributed by atoms with Crippen LogP contribution in [0.4, 0.5) is 0 Å². The van der Waals surface area contributed by atoms with Crippen molar-refractivity contribution in [1.29, 1.82) is 0 Å². The lowest BCUT2D eigenvalue weighted by molar-refractivity contribution is 0.181. The van der Waals surface area contributed by atoms with Crippen LogP contribution < -0.4 is 4.74 Å². The highest BCUT2D eigenvalue weighted by Gasteiger charge is 2.30. The highest BCUT2D eigenvalue weighted by atomic mass is 32.2. The van der Waals surface area contributed by atoms with E-state index in [4.69, 9.17) is 4.74 Å². The van der Waals surface area contributed by atoms with Gasteiger partial charge in [-0.15, -0.1) is 0 Å². The lowest BCUT2D eigenvalue weighted by Crippen LogP contribution is -2.48. The predicted octanol–water partition coefficient (Wildman–Crippen LogP) is 3.13.